The highest BCUT2D eigenvalue weighted by Crippen LogP contribution is 2.23. The summed E-state index contributed by atoms with van der Waals surface area (Å²) in [4.78, 5) is 14.5. The molecule has 0 radical (unpaired) electrons. The molecular formula is C23H24N2O2. The number of ether oxygens (including phenoxy) is 1. The van der Waals surface area contributed by atoms with Crippen molar-refractivity contribution in [1.29, 1.82) is 0 Å². The molecule has 0 spiro atoms. The second-order valence-electron chi connectivity index (χ2n) is 7.01. The summed E-state index contributed by atoms with van der Waals surface area (Å²) in [6.07, 6.45) is -0.0670. The van der Waals surface area contributed by atoms with Gasteiger partial charge < -0.3 is 15.0 Å². The molecule has 3 aromatic rings. The van der Waals surface area contributed by atoms with E-state index in [4.69, 9.17) is 4.74 Å². The van der Waals surface area contributed by atoms with Crippen molar-refractivity contribution in [3.05, 3.63) is 83.4 Å². The average molecular weight is 360 g/mol. The Balaban J connectivity index is 1.41. The Morgan fingerprint density at radius 1 is 1.07 bits per heavy atom. The number of hydrogen-bond donors (Lipinski definition) is 1. The number of morpholine rings is 1. The van der Waals surface area contributed by atoms with Crippen molar-refractivity contribution in [3.8, 4) is 0 Å². The third-order valence-electron chi connectivity index (χ3n) is 5.11. The standard InChI is InChI=1S/C23H24N2O2/c1-17-9-11-19(12-10-17)22-16-25(13-14-27-22)23(26)24-15-20-7-4-6-18-5-2-3-8-21(18)20/h2-12,22H,13-16H2,1H3,(H,24,26). The van der Waals surface area contributed by atoms with E-state index in [1.807, 2.05) is 23.1 Å². The zero-order valence-corrected chi connectivity index (χ0v) is 15.5. The van der Waals surface area contributed by atoms with E-state index < -0.39 is 0 Å². The maximum atomic E-state index is 12.7. The SMILES string of the molecule is Cc1ccc(C2CN(C(=O)NCc3cccc4ccccc34)CCO2)cc1. The number of carbonyl (C=O) groups is 1. The summed E-state index contributed by atoms with van der Waals surface area (Å²) in [6, 6.07) is 22.7. The molecule has 138 valence electrons. The minimum atomic E-state index is -0.0670. The first kappa shape index (κ1) is 17.6. The maximum absolute atomic E-state index is 12.7. The average Bonchev–Trinajstić information content (AvgIpc) is 2.72. The van der Waals surface area contributed by atoms with Gasteiger partial charge in [-0.05, 0) is 28.8 Å². The Hall–Kier alpha value is -2.85. The van der Waals surface area contributed by atoms with Crippen molar-refractivity contribution in [2.75, 3.05) is 19.7 Å². The van der Waals surface area contributed by atoms with Crippen molar-refractivity contribution in [3.63, 3.8) is 0 Å². The molecule has 1 unspecified atom stereocenters. The highest BCUT2D eigenvalue weighted by atomic mass is 16.5. The van der Waals surface area contributed by atoms with Crippen molar-refractivity contribution >= 4 is 16.8 Å². The fourth-order valence-corrected chi connectivity index (χ4v) is 3.55. The number of amides is 2. The van der Waals surface area contributed by atoms with E-state index in [2.05, 4.69) is 60.8 Å². The summed E-state index contributed by atoms with van der Waals surface area (Å²) in [5, 5.41) is 5.44. The number of rotatable bonds is 3. The smallest absolute Gasteiger partial charge is 0.317 e. The van der Waals surface area contributed by atoms with Gasteiger partial charge in [-0.1, -0.05) is 72.3 Å². The molecule has 0 bridgehead atoms. The third-order valence-corrected chi connectivity index (χ3v) is 5.11. The largest absolute Gasteiger partial charge is 0.370 e. The summed E-state index contributed by atoms with van der Waals surface area (Å²) < 4.78 is 5.88. The van der Waals surface area contributed by atoms with Crippen LogP contribution in [0.25, 0.3) is 10.8 Å². The van der Waals surface area contributed by atoms with E-state index >= 15 is 0 Å². The minimum Gasteiger partial charge on any atom is -0.370 e. The second-order valence-corrected chi connectivity index (χ2v) is 7.01. The van der Waals surface area contributed by atoms with Crippen LogP contribution in [-0.2, 0) is 11.3 Å². The molecular weight excluding hydrogens is 336 g/mol. The molecule has 27 heavy (non-hydrogen) atoms. The van der Waals surface area contributed by atoms with Crippen LogP contribution in [-0.4, -0.2) is 30.6 Å². The number of fused-ring (bicyclic) bond motifs is 1. The van der Waals surface area contributed by atoms with Crippen molar-refractivity contribution in [2.24, 2.45) is 0 Å². The lowest BCUT2D eigenvalue weighted by Gasteiger charge is -2.33. The van der Waals surface area contributed by atoms with Gasteiger partial charge in [0.1, 0.15) is 6.10 Å². The van der Waals surface area contributed by atoms with E-state index in [1.165, 1.54) is 16.3 Å². The van der Waals surface area contributed by atoms with Gasteiger partial charge in [0.2, 0.25) is 0 Å². The second kappa shape index (κ2) is 7.80. The lowest BCUT2D eigenvalue weighted by atomic mass is 10.0. The summed E-state index contributed by atoms with van der Waals surface area (Å²) in [6.45, 7) is 4.33. The molecule has 4 heteroatoms. The Labute approximate surface area is 159 Å². The van der Waals surface area contributed by atoms with Crippen LogP contribution in [0.15, 0.2) is 66.7 Å². The molecule has 0 aliphatic carbocycles. The van der Waals surface area contributed by atoms with Crippen LogP contribution in [0.3, 0.4) is 0 Å². The third kappa shape index (κ3) is 3.96. The van der Waals surface area contributed by atoms with E-state index in [9.17, 15) is 4.79 Å². The number of urea groups is 1. The fraction of sp³-hybridized carbons (Fsp3) is 0.261. The number of aryl methyl sites for hydroxylation is 1. The maximum Gasteiger partial charge on any atom is 0.317 e. The highest BCUT2D eigenvalue weighted by Gasteiger charge is 2.25. The quantitative estimate of drug-likeness (QED) is 0.751. The summed E-state index contributed by atoms with van der Waals surface area (Å²) >= 11 is 0. The van der Waals surface area contributed by atoms with Gasteiger partial charge in [-0.25, -0.2) is 4.79 Å². The van der Waals surface area contributed by atoms with Crippen LogP contribution in [0, 0.1) is 6.92 Å². The van der Waals surface area contributed by atoms with Crippen LogP contribution in [0.1, 0.15) is 22.8 Å². The minimum absolute atomic E-state index is 0.0386. The Morgan fingerprint density at radius 2 is 1.85 bits per heavy atom. The molecule has 1 heterocycles. The molecule has 1 N–H and O–H groups in total. The molecule has 3 aromatic carbocycles. The zero-order valence-electron chi connectivity index (χ0n) is 15.5. The molecule has 0 aromatic heterocycles. The summed E-state index contributed by atoms with van der Waals surface area (Å²) in [7, 11) is 0. The monoisotopic (exact) mass is 360 g/mol. The predicted molar refractivity (Wildman–Crippen MR) is 108 cm³/mol. The van der Waals surface area contributed by atoms with E-state index in [0.717, 1.165) is 11.1 Å². The Morgan fingerprint density at radius 3 is 2.70 bits per heavy atom. The van der Waals surface area contributed by atoms with Gasteiger partial charge in [0.05, 0.1) is 13.2 Å². The predicted octanol–water partition coefficient (Wildman–Crippen LogP) is 4.43. The Kier molecular flexibility index (Phi) is 5.07. The van der Waals surface area contributed by atoms with E-state index in [-0.39, 0.29) is 12.1 Å². The van der Waals surface area contributed by atoms with Crippen LogP contribution in [0.2, 0.25) is 0 Å². The van der Waals surface area contributed by atoms with Gasteiger partial charge in [-0.2, -0.15) is 0 Å². The molecule has 0 saturated carbocycles. The van der Waals surface area contributed by atoms with Crippen molar-refractivity contribution in [2.45, 2.75) is 19.6 Å². The van der Waals surface area contributed by atoms with Gasteiger partial charge in [0, 0.05) is 13.1 Å². The lowest BCUT2D eigenvalue weighted by molar-refractivity contribution is -0.0154. The number of nitrogens with zero attached hydrogens (tertiary/aromatic N) is 1. The van der Waals surface area contributed by atoms with Gasteiger partial charge in [0.25, 0.3) is 0 Å². The molecule has 1 fully saturated rings. The normalized spacial score (nSPS) is 17.1. The first-order valence-electron chi connectivity index (χ1n) is 9.38. The molecule has 2 amide bonds. The number of hydrogen-bond acceptors (Lipinski definition) is 2. The highest BCUT2D eigenvalue weighted by molar-refractivity contribution is 5.86. The first-order chi connectivity index (χ1) is 13.2. The number of benzene rings is 3. The van der Waals surface area contributed by atoms with Gasteiger partial charge >= 0.3 is 6.03 Å². The van der Waals surface area contributed by atoms with Crippen molar-refractivity contribution < 1.29 is 9.53 Å². The fourth-order valence-electron chi connectivity index (χ4n) is 3.55. The van der Waals surface area contributed by atoms with Gasteiger partial charge in [-0.15, -0.1) is 0 Å². The first-order valence-corrected chi connectivity index (χ1v) is 9.38. The summed E-state index contributed by atoms with van der Waals surface area (Å²) in [5.74, 6) is 0. The zero-order chi connectivity index (χ0) is 18.6. The van der Waals surface area contributed by atoms with Crippen LogP contribution in [0.4, 0.5) is 4.79 Å². The molecule has 1 saturated heterocycles. The van der Waals surface area contributed by atoms with Crippen molar-refractivity contribution in [1.82, 2.24) is 10.2 Å². The molecule has 4 rings (SSSR count). The number of carbonyl (C=O) groups excluding carboxylic acids is 1. The molecule has 1 aliphatic heterocycles. The van der Waals surface area contributed by atoms with Gasteiger partial charge in [0.15, 0.2) is 0 Å². The molecule has 1 atom stereocenters. The molecule has 1 aliphatic rings. The van der Waals surface area contributed by atoms with Crippen LogP contribution in [0.5, 0.6) is 0 Å². The van der Waals surface area contributed by atoms with E-state index in [1.54, 1.807) is 0 Å². The lowest BCUT2D eigenvalue weighted by Crippen LogP contribution is -2.46. The Bertz CT molecular complexity index is 931. The summed E-state index contributed by atoms with van der Waals surface area (Å²) in [5.41, 5.74) is 3.47. The van der Waals surface area contributed by atoms with Crippen LogP contribution >= 0.6 is 0 Å². The molecule has 4 nitrogen and oxygen atoms in total. The van der Waals surface area contributed by atoms with E-state index in [0.29, 0.717) is 26.2 Å². The number of nitrogens with one attached hydrogen (secondary N) is 1. The topological polar surface area (TPSA) is 41.6 Å². The van der Waals surface area contributed by atoms with Crippen LogP contribution < -0.4 is 5.32 Å². The van der Waals surface area contributed by atoms with Gasteiger partial charge in [-0.3, -0.25) is 0 Å².